The highest BCUT2D eigenvalue weighted by atomic mass is 16.1. The smallest absolute Gasteiger partial charge is 0.220 e. The van der Waals surface area contributed by atoms with Gasteiger partial charge in [0.25, 0.3) is 0 Å². The molecule has 2 fully saturated rings. The summed E-state index contributed by atoms with van der Waals surface area (Å²) in [6.07, 6.45) is 3.06. The van der Waals surface area contributed by atoms with E-state index in [9.17, 15) is 4.79 Å². The molecule has 2 saturated heterocycles. The number of carbonyl (C=O) groups is 1. The van der Waals surface area contributed by atoms with E-state index >= 15 is 0 Å². The van der Waals surface area contributed by atoms with Crippen molar-refractivity contribution >= 4 is 5.91 Å². The van der Waals surface area contributed by atoms with Gasteiger partial charge < -0.3 is 15.1 Å². The van der Waals surface area contributed by atoms with Crippen molar-refractivity contribution in [2.75, 3.05) is 66.5 Å². The number of hydrogen-bond acceptors (Lipinski definition) is 4. The zero-order valence-electron chi connectivity index (χ0n) is 15.1. The Balaban J connectivity index is 0.00000155. The van der Waals surface area contributed by atoms with Gasteiger partial charge in [0.2, 0.25) is 5.91 Å². The van der Waals surface area contributed by atoms with Crippen molar-refractivity contribution in [3.05, 3.63) is 0 Å². The van der Waals surface area contributed by atoms with Gasteiger partial charge in [0, 0.05) is 47.1 Å². The fourth-order valence-electron chi connectivity index (χ4n) is 3.03. The fourth-order valence-corrected chi connectivity index (χ4v) is 3.03. The van der Waals surface area contributed by atoms with E-state index in [4.69, 9.17) is 0 Å². The Morgan fingerprint density at radius 3 is 2.14 bits per heavy atom. The van der Waals surface area contributed by atoms with E-state index in [-0.39, 0.29) is 7.33 Å². The molecule has 0 radical (unpaired) electrons. The van der Waals surface area contributed by atoms with Crippen LogP contribution in [0.25, 0.3) is 0 Å². The van der Waals surface area contributed by atoms with Crippen LogP contribution in [-0.2, 0) is 4.79 Å². The summed E-state index contributed by atoms with van der Waals surface area (Å²) >= 11 is 0. The normalized spacial score (nSPS) is 22.0. The van der Waals surface area contributed by atoms with Gasteiger partial charge in [0.1, 0.15) is 0 Å². The molecule has 0 bridgehead atoms. The zero-order chi connectivity index (χ0) is 16.4. The molecule has 2 heterocycles. The average Bonchev–Trinajstić information content (AvgIpc) is 2.53. The number of piperidine rings is 1. The Kier molecular flexibility index (Phi) is 9.68. The maximum absolute atomic E-state index is 11.9. The molecule has 2 rings (SSSR count). The molecular weight excluding hydrogens is 276 g/mol. The second kappa shape index (κ2) is 11.0. The Hall–Kier alpha value is -0.650. The van der Waals surface area contributed by atoms with E-state index in [1.807, 2.05) is 13.8 Å². The van der Waals surface area contributed by atoms with Crippen molar-refractivity contribution in [3.8, 4) is 0 Å². The average molecular weight is 315 g/mol. The standard InChI is InChI=1S/C15H30N4O.C2H6.H2/c1-17-6-3-14(4-7-17)13-15(20)16-5-8-19-11-9-18(2)10-12-19;1-2;/h14H,3-13H2,1-2H3,(H,16,20);1-2H3;1H. The number of hydrogen-bond donors (Lipinski definition) is 1. The maximum Gasteiger partial charge on any atom is 0.220 e. The predicted molar refractivity (Wildman–Crippen MR) is 95.2 cm³/mol. The summed E-state index contributed by atoms with van der Waals surface area (Å²) in [5.74, 6) is 0.837. The molecule has 2 aliphatic heterocycles. The van der Waals surface area contributed by atoms with Gasteiger partial charge in [-0.2, -0.15) is 0 Å². The first-order valence-corrected chi connectivity index (χ1v) is 8.99. The topological polar surface area (TPSA) is 38.8 Å². The summed E-state index contributed by atoms with van der Waals surface area (Å²) in [4.78, 5) is 19.1. The third-order valence-electron chi connectivity index (χ3n) is 4.66. The third kappa shape index (κ3) is 7.56. The number of rotatable bonds is 5. The molecule has 1 N–H and O–H groups in total. The minimum absolute atomic E-state index is 0. The van der Waals surface area contributed by atoms with Gasteiger partial charge in [-0.3, -0.25) is 9.69 Å². The molecule has 5 heteroatoms. The molecule has 0 aromatic rings. The SMILES string of the molecule is CC.CN1CCC(CC(=O)NCCN2CCN(C)CC2)CC1.[HH]. The van der Waals surface area contributed by atoms with Crippen molar-refractivity contribution in [2.45, 2.75) is 33.1 Å². The van der Waals surface area contributed by atoms with Crippen LogP contribution in [0.3, 0.4) is 0 Å². The molecular formula is C17H38N4O. The highest BCUT2D eigenvalue weighted by Gasteiger charge is 2.19. The third-order valence-corrected chi connectivity index (χ3v) is 4.66. The summed E-state index contributed by atoms with van der Waals surface area (Å²) in [5.41, 5.74) is 0. The van der Waals surface area contributed by atoms with Crippen LogP contribution in [0.1, 0.15) is 34.5 Å². The second-order valence-corrected chi connectivity index (χ2v) is 6.45. The van der Waals surface area contributed by atoms with Crippen LogP contribution in [0, 0.1) is 5.92 Å². The number of nitrogens with zero attached hydrogens (tertiary/aromatic N) is 3. The fraction of sp³-hybridized carbons (Fsp3) is 0.941. The van der Waals surface area contributed by atoms with E-state index < -0.39 is 0 Å². The van der Waals surface area contributed by atoms with Gasteiger partial charge in [0.15, 0.2) is 0 Å². The van der Waals surface area contributed by atoms with Crippen molar-refractivity contribution in [1.82, 2.24) is 20.0 Å². The Bertz CT molecular complexity index is 301. The van der Waals surface area contributed by atoms with E-state index in [1.165, 1.54) is 12.8 Å². The van der Waals surface area contributed by atoms with Crippen LogP contribution < -0.4 is 5.32 Å². The van der Waals surface area contributed by atoms with E-state index in [0.717, 1.165) is 58.8 Å². The number of carbonyl (C=O) groups excluding carboxylic acids is 1. The van der Waals surface area contributed by atoms with Crippen LogP contribution in [0.5, 0.6) is 0 Å². The van der Waals surface area contributed by atoms with Gasteiger partial charge in [-0.15, -0.1) is 0 Å². The van der Waals surface area contributed by atoms with Gasteiger partial charge in [0.05, 0.1) is 0 Å². The van der Waals surface area contributed by atoms with Crippen molar-refractivity contribution in [3.63, 3.8) is 0 Å². The lowest BCUT2D eigenvalue weighted by molar-refractivity contribution is -0.122. The first kappa shape index (κ1) is 19.4. The Morgan fingerprint density at radius 1 is 1.00 bits per heavy atom. The van der Waals surface area contributed by atoms with E-state index in [2.05, 4.69) is 34.1 Å². The predicted octanol–water partition coefficient (Wildman–Crippen LogP) is 1.35. The van der Waals surface area contributed by atoms with E-state index in [0.29, 0.717) is 5.92 Å². The van der Waals surface area contributed by atoms with Gasteiger partial charge in [-0.1, -0.05) is 13.8 Å². The largest absolute Gasteiger partial charge is 0.355 e. The van der Waals surface area contributed by atoms with Crippen LogP contribution in [0.2, 0.25) is 0 Å². The summed E-state index contributed by atoms with van der Waals surface area (Å²) in [6, 6.07) is 0. The maximum atomic E-state index is 11.9. The summed E-state index contributed by atoms with van der Waals surface area (Å²) in [7, 11) is 4.33. The molecule has 22 heavy (non-hydrogen) atoms. The minimum Gasteiger partial charge on any atom is -0.355 e. The number of nitrogens with one attached hydrogen (secondary N) is 1. The monoisotopic (exact) mass is 314 g/mol. The molecule has 0 atom stereocenters. The lowest BCUT2D eigenvalue weighted by Gasteiger charge is -2.32. The molecule has 5 nitrogen and oxygen atoms in total. The number of amides is 1. The summed E-state index contributed by atoms with van der Waals surface area (Å²) in [5, 5.41) is 3.09. The first-order valence-electron chi connectivity index (χ1n) is 8.99. The second-order valence-electron chi connectivity index (χ2n) is 6.45. The van der Waals surface area contributed by atoms with Gasteiger partial charge in [-0.25, -0.2) is 0 Å². The highest BCUT2D eigenvalue weighted by Crippen LogP contribution is 2.19. The van der Waals surface area contributed by atoms with Gasteiger partial charge in [-0.05, 0) is 45.9 Å². The number of piperazine rings is 1. The van der Waals surface area contributed by atoms with Gasteiger partial charge >= 0.3 is 0 Å². The minimum atomic E-state index is 0. The molecule has 0 spiro atoms. The molecule has 132 valence electrons. The highest BCUT2D eigenvalue weighted by molar-refractivity contribution is 5.76. The molecule has 1 amide bonds. The Morgan fingerprint density at radius 2 is 1.55 bits per heavy atom. The van der Waals surface area contributed by atoms with E-state index in [1.54, 1.807) is 0 Å². The molecule has 0 unspecified atom stereocenters. The van der Waals surface area contributed by atoms with Crippen LogP contribution >= 0.6 is 0 Å². The lowest BCUT2D eigenvalue weighted by atomic mass is 9.93. The van der Waals surface area contributed by atoms with Crippen LogP contribution in [0.15, 0.2) is 0 Å². The number of likely N-dealkylation sites (N-methyl/N-ethyl adjacent to an activating group) is 1. The molecule has 0 aromatic heterocycles. The zero-order valence-corrected chi connectivity index (χ0v) is 15.1. The summed E-state index contributed by atoms with van der Waals surface area (Å²) < 4.78 is 0. The van der Waals surface area contributed by atoms with Crippen molar-refractivity contribution < 1.29 is 6.22 Å². The Labute approximate surface area is 138 Å². The molecule has 0 aromatic carbocycles. The summed E-state index contributed by atoms with van der Waals surface area (Å²) in [6.45, 7) is 12.6. The van der Waals surface area contributed by atoms with Crippen molar-refractivity contribution in [2.24, 2.45) is 5.92 Å². The molecule has 0 saturated carbocycles. The first-order chi connectivity index (χ1) is 10.6. The molecule has 0 aliphatic carbocycles. The van der Waals surface area contributed by atoms with Crippen molar-refractivity contribution in [1.29, 1.82) is 0 Å². The lowest BCUT2D eigenvalue weighted by Crippen LogP contribution is -2.47. The van der Waals surface area contributed by atoms with Crippen LogP contribution in [0.4, 0.5) is 0 Å². The number of likely N-dealkylation sites (tertiary alicyclic amines) is 1. The quantitative estimate of drug-likeness (QED) is 0.831. The molecule has 2 aliphatic rings. The van der Waals surface area contributed by atoms with Crippen LogP contribution in [-0.4, -0.2) is 87.1 Å².